The van der Waals surface area contributed by atoms with Crippen LogP contribution in [0.4, 0.5) is 4.39 Å². The average Bonchev–Trinajstić information content (AvgIpc) is 2.97. The lowest BCUT2D eigenvalue weighted by Gasteiger charge is -2.26. The number of ketones is 1. The molecule has 2 aromatic carbocycles. The normalized spacial score (nSPS) is 18.9. The SMILES string of the molecule is BC(B)(c1ccccc1)S(=O)(=O)OC1=C(N)O[C@](B)(c2ccc(C(=O)OC)c(F)c2)C1=O. The van der Waals surface area contributed by atoms with Gasteiger partial charge in [0.2, 0.25) is 17.4 Å². The Morgan fingerprint density at radius 2 is 1.81 bits per heavy atom. The third-order valence-corrected chi connectivity index (χ3v) is 7.26. The maximum atomic E-state index is 14.4. The first-order valence-corrected chi connectivity index (χ1v) is 10.9. The predicted molar refractivity (Wildman–Crippen MR) is 120 cm³/mol. The van der Waals surface area contributed by atoms with Gasteiger partial charge in [-0.3, -0.25) is 4.79 Å². The smallest absolute Gasteiger partial charge is 0.340 e. The molecule has 0 amide bonds. The summed E-state index contributed by atoms with van der Waals surface area (Å²) in [4.78, 5) is 24.7. The maximum Gasteiger partial charge on any atom is 0.340 e. The molecule has 32 heavy (non-hydrogen) atoms. The van der Waals surface area contributed by atoms with Crippen LogP contribution in [0.25, 0.3) is 0 Å². The van der Waals surface area contributed by atoms with Crippen molar-refractivity contribution in [3.8, 4) is 0 Å². The molecule has 13 heteroatoms. The Kier molecular flexibility index (Phi) is 5.90. The van der Waals surface area contributed by atoms with E-state index in [1.807, 2.05) is 0 Å². The van der Waals surface area contributed by atoms with Crippen molar-refractivity contribution in [2.45, 2.75) is 10.0 Å². The monoisotopic (exact) mass is 457 g/mol. The van der Waals surface area contributed by atoms with Gasteiger partial charge in [-0.2, -0.15) is 8.42 Å². The molecule has 0 spiro atoms. The zero-order chi connectivity index (χ0) is 23.9. The van der Waals surface area contributed by atoms with Crippen molar-refractivity contribution in [2.24, 2.45) is 5.73 Å². The molecule has 164 valence electrons. The van der Waals surface area contributed by atoms with E-state index in [1.165, 1.54) is 29.6 Å². The van der Waals surface area contributed by atoms with E-state index < -0.39 is 49.4 Å². The molecule has 1 aliphatic heterocycles. The number of benzene rings is 2. The van der Waals surface area contributed by atoms with Crippen LogP contribution < -0.4 is 5.73 Å². The van der Waals surface area contributed by atoms with E-state index in [9.17, 15) is 22.4 Å². The van der Waals surface area contributed by atoms with Gasteiger partial charge in [0, 0.05) is 0 Å². The number of hydrogen-bond acceptors (Lipinski definition) is 8. The van der Waals surface area contributed by atoms with E-state index in [1.54, 1.807) is 30.3 Å². The molecule has 2 N–H and O–H groups in total. The molecule has 0 radical (unpaired) electrons. The van der Waals surface area contributed by atoms with Gasteiger partial charge in [-0.15, -0.1) is 0 Å². The molecule has 1 atom stereocenters. The zero-order valence-corrected chi connectivity index (χ0v) is 18.7. The van der Waals surface area contributed by atoms with Crippen molar-refractivity contribution >= 4 is 45.4 Å². The summed E-state index contributed by atoms with van der Waals surface area (Å²) < 4.78 is 54.0. The van der Waals surface area contributed by atoms with Crippen LogP contribution >= 0.6 is 0 Å². The van der Waals surface area contributed by atoms with Gasteiger partial charge in [0.25, 0.3) is 0 Å². The molecule has 0 aromatic heterocycles. The highest BCUT2D eigenvalue weighted by Gasteiger charge is 2.51. The number of ether oxygens (including phenoxy) is 2. The number of Topliss-reactive ketones (excluding diaryl/α,β-unsaturated/α-hetero) is 1. The molecular weight excluding hydrogens is 438 g/mol. The molecule has 0 bridgehead atoms. The van der Waals surface area contributed by atoms with Crippen molar-refractivity contribution in [3.05, 3.63) is 82.7 Å². The first kappa shape index (κ1) is 23.5. The summed E-state index contributed by atoms with van der Waals surface area (Å²) in [6, 6.07) is 11.6. The molecular formula is C19H19B3FNO7S. The van der Waals surface area contributed by atoms with Crippen molar-refractivity contribution in [1.29, 1.82) is 0 Å². The number of carbonyl (C=O) groups excluding carboxylic acids is 2. The lowest BCUT2D eigenvalue weighted by atomic mass is 9.65. The van der Waals surface area contributed by atoms with Crippen LogP contribution in [0, 0.1) is 5.82 Å². The van der Waals surface area contributed by atoms with E-state index in [4.69, 9.17) is 14.7 Å². The first-order valence-electron chi connectivity index (χ1n) is 9.46. The Labute approximate surface area is 187 Å². The predicted octanol–water partition coefficient (Wildman–Crippen LogP) is -1.45. The number of halogens is 1. The molecule has 1 heterocycles. The highest BCUT2D eigenvalue weighted by Crippen LogP contribution is 2.38. The Balaban J connectivity index is 1.93. The van der Waals surface area contributed by atoms with Gasteiger partial charge in [-0.05, 0) is 23.3 Å². The number of methoxy groups -OCH3 is 1. The summed E-state index contributed by atoms with van der Waals surface area (Å²) in [6.45, 7) is 0. The van der Waals surface area contributed by atoms with E-state index in [0.29, 0.717) is 5.56 Å². The van der Waals surface area contributed by atoms with Crippen LogP contribution in [0.15, 0.2) is 60.2 Å². The minimum absolute atomic E-state index is 0.00826. The van der Waals surface area contributed by atoms with E-state index >= 15 is 0 Å². The molecule has 0 fully saturated rings. The number of nitrogens with two attached hydrogens (primary N) is 1. The molecule has 1 aliphatic rings. The number of hydrogen-bond donors (Lipinski definition) is 1. The summed E-state index contributed by atoms with van der Waals surface area (Å²) >= 11 is 0. The highest BCUT2D eigenvalue weighted by atomic mass is 32.2. The molecule has 0 unspecified atom stereocenters. The van der Waals surface area contributed by atoms with E-state index in [0.717, 1.165) is 19.2 Å². The summed E-state index contributed by atoms with van der Waals surface area (Å²) in [6.07, 6.45) is 0. The summed E-state index contributed by atoms with van der Waals surface area (Å²) in [5.74, 6) is -4.00. The van der Waals surface area contributed by atoms with Crippen LogP contribution in [-0.2, 0) is 38.6 Å². The molecule has 0 saturated heterocycles. The summed E-state index contributed by atoms with van der Waals surface area (Å²) in [7, 11) is 0.848. The molecule has 8 nitrogen and oxygen atoms in total. The standard InChI is InChI=1S/C19H19B3FNO7S/c1-29-17(26)12-8-7-11(9-13(12)23)18(20)15(25)14(16(24)30-18)31-32(27,28)19(21,22)10-5-3-2-4-6-10/h2-9H,20-22,24H2,1H3/t18-/m1/s1. The Bertz CT molecular complexity index is 1230. The van der Waals surface area contributed by atoms with Gasteiger partial charge in [-0.25, -0.2) is 9.18 Å². The van der Waals surface area contributed by atoms with Crippen LogP contribution in [0.3, 0.4) is 0 Å². The fourth-order valence-electron chi connectivity index (χ4n) is 3.20. The van der Waals surface area contributed by atoms with Crippen LogP contribution in [0.2, 0.25) is 0 Å². The zero-order valence-electron chi connectivity index (χ0n) is 17.8. The van der Waals surface area contributed by atoms with Crippen molar-refractivity contribution in [3.63, 3.8) is 0 Å². The molecule has 2 aromatic rings. The number of carbonyl (C=O) groups is 2. The first-order chi connectivity index (χ1) is 14.8. The Hall–Kier alpha value is -3.21. The third-order valence-electron chi connectivity index (χ3n) is 5.39. The lowest BCUT2D eigenvalue weighted by Crippen LogP contribution is -2.40. The quantitative estimate of drug-likeness (QED) is 0.318. The van der Waals surface area contributed by atoms with Crippen LogP contribution in [0.5, 0.6) is 0 Å². The second kappa shape index (κ2) is 8.05. The second-order valence-electron chi connectivity index (χ2n) is 7.76. The summed E-state index contributed by atoms with van der Waals surface area (Å²) in [5, 5.41) is 0. The van der Waals surface area contributed by atoms with Crippen molar-refractivity contribution < 1.29 is 36.1 Å². The number of esters is 1. The van der Waals surface area contributed by atoms with Gasteiger partial charge >= 0.3 is 16.1 Å². The highest BCUT2D eigenvalue weighted by molar-refractivity contribution is 7.90. The molecule has 3 rings (SSSR count). The van der Waals surface area contributed by atoms with Crippen molar-refractivity contribution in [1.82, 2.24) is 0 Å². The Morgan fingerprint density at radius 3 is 2.38 bits per heavy atom. The Morgan fingerprint density at radius 1 is 1.19 bits per heavy atom. The minimum atomic E-state index is -4.40. The average molecular weight is 457 g/mol. The van der Waals surface area contributed by atoms with Gasteiger partial charge in [0.15, 0.2) is 13.3 Å². The topological polar surface area (TPSA) is 122 Å². The second-order valence-corrected chi connectivity index (χ2v) is 9.85. The van der Waals surface area contributed by atoms with Gasteiger partial charge in [0.05, 0.1) is 17.2 Å². The van der Waals surface area contributed by atoms with Crippen molar-refractivity contribution in [2.75, 3.05) is 7.11 Å². The third kappa shape index (κ3) is 3.77. The maximum absolute atomic E-state index is 14.4. The van der Waals surface area contributed by atoms with Crippen LogP contribution in [0.1, 0.15) is 21.5 Å². The van der Waals surface area contributed by atoms with Crippen LogP contribution in [-0.4, -0.2) is 50.8 Å². The van der Waals surface area contributed by atoms with Gasteiger partial charge in [0.1, 0.15) is 21.5 Å². The summed E-state index contributed by atoms with van der Waals surface area (Å²) in [5.41, 5.74) is 4.04. The fraction of sp³-hybridized carbons (Fsp3) is 0.158. The van der Waals surface area contributed by atoms with E-state index in [-0.39, 0.29) is 11.1 Å². The minimum Gasteiger partial charge on any atom is -0.467 e. The molecule has 0 aliphatic carbocycles. The van der Waals surface area contributed by atoms with E-state index in [2.05, 4.69) is 4.74 Å². The largest absolute Gasteiger partial charge is 0.467 e. The fourth-order valence-corrected chi connectivity index (χ4v) is 4.21. The number of rotatable bonds is 6. The van der Waals surface area contributed by atoms with Gasteiger partial charge in [-0.1, -0.05) is 36.4 Å². The van der Waals surface area contributed by atoms with Gasteiger partial charge < -0.3 is 19.4 Å². The lowest BCUT2D eigenvalue weighted by molar-refractivity contribution is -0.126. The molecule has 0 saturated carbocycles.